The summed E-state index contributed by atoms with van der Waals surface area (Å²) in [5, 5.41) is 3.23. The predicted molar refractivity (Wildman–Crippen MR) is 67.9 cm³/mol. The zero-order valence-corrected chi connectivity index (χ0v) is 10.6. The highest BCUT2D eigenvalue weighted by atomic mass is 16.5. The fourth-order valence-electron chi connectivity index (χ4n) is 1.63. The molecule has 2 aromatic rings. The second-order valence-corrected chi connectivity index (χ2v) is 3.90. The van der Waals surface area contributed by atoms with Crippen LogP contribution in [0.25, 0.3) is 11.4 Å². The SMILES string of the molecule is COCCNCc1ncc(-c2nccnc2C)[nH]1. The first-order valence-corrected chi connectivity index (χ1v) is 5.83. The Bertz CT molecular complexity index is 497. The molecule has 0 bridgehead atoms. The van der Waals surface area contributed by atoms with E-state index in [0.717, 1.165) is 29.5 Å². The Morgan fingerprint density at radius 3 is 2.89 bits per heavy atom. The smallest absolute Gasteiger partial charge is 0.120 e. The van der Waals surface area contributed by atoms with Crippen molar-refractivity contribution in [2.45, 2.75) is 13.5 Å². The first-order valence-electron chi connectivity index (χ1n) is 5.83. The predicted octanol–water partition coefficient (Wildman–Crippen LogP) is 0.911. The van der Waals surface area contributed by atoms with Crippen molar-refractivity contribution in [1.29, 1.82) is 0 Å². The van der Waals surface area contributed by atoms with E-state index in [-0.39, 0.29) is 0 Å². The summed E-state index contributed by atoms with van der Waals surface area (Å²) < 4.78 is 4.96. The van der Waals surface area contributed by atoms with Crippen molar-refractivity contribution < 1.29 is 4.74 Å². The molecule has 0 aliphatic carbocycles. The van der Waals surface area contributed by atoms with E-state index >= 15 is 0 Å². The normalized spacial score (nSPS) is 10.8. The van der Waals surface area contributed by atoms with Gasteiger partial charge in [0.25, 0.3) is 0 Å². The third kappa shape index (κ3) is 3.12. The molecule has 0 aliphatic heterocycles. The molecular formula is C12H17N5O. The Morgan fingerprint density at radius 2 is 2.11 bits per heavy atom. The van der Waals surface area contributed by atoms with Gasteiger partial charge in [0, 0.05) is 26.0 Å². The summed E-state index contributed by atoms with van der Waals surface area (Å²) in [6, 6.07) is 0. The van der Waals surface area contributed by atoms with Crippen LogP contribution in [0.2, 0.25) is 0 Å². The highest BCUT2D eigenvalue weighted by molar-refractivity contribution is 5.55. The lowest BCUT2D eigenvalue weighted by atomic mass is 10.2. The van der Waals surface area contributed by atoms with Gasteiger partial charge in [-0.05, 0) is 6.92 Å². The minimum Gasteiger partial charge on any atom is -0.383 e. The van der Waals surface area contributed by atoms with Crippen molar-refractivity contribution in [1.82, 2.24) is 25.3 Å². The maximum Gasteiger partial charge on any atom is 0.120 e. The zero-order chi connectivity index (χ0) is 12.8. The number of nitrogens with zero attached hydrogens (tertiary/aromatic N) is 3. The van der Waals surface area contributed by atoms with Crippen LogP contribution in [0.3, 0.4) is 0 Å². The molecule has 6 heteroatoms. The number of rotatable bonds is 6. The number of aromatic nitrogens is 4. The quantitative estimate of drug-likeness (QED) is 0.742. The summed E-state index contributed by atoms with van der Waals surface area (Å²) in [6.07, 6.45) is 5.15. The number of hydrogen-bond donors (Lipinski definition) is 2. The van der Waals surface area contributed by atoms with Gasteiger partial charge in [-0.3, -0.25) is 9.97 Å². The van der Waals surface area contributed by atoms with Gasteiger partial charge >= 0.3 is 0 Å². The molecule has 0 unspecified atom stereocenters. The van der Waals surface area contributed by atoms with Gasteiger partial charge in [0.15, 0.2) is 0 Å². The third-order valence-electron chi connectivity index (χ3n) is 2.54. The average Bonchev–Trinajstić information content (AvgIpc) is 2.84. The van der Waals surface area contributed by atoms with E-state index < -0.39 is 0 Å². The number of aryl methyl sites for hydroxylation is 1. The number of methoxy groups -OCH3 is 1. The van der Waals surface area contributed by atoms with Crippen molar-refractivity contribution in [3.05, 3.63) is 30.1 Å². The lowest BCUT2D eigenvalue weighted by molar-refractivity contribution is 0.199. The minimum absolute atomic E-state index is 0.683. The molecule has 0 radical (unpaired) electrons. The van der Waals surface area contributed by atoms with Crippen molar-refractivity contribution >= 4 is 0 Å². The summed E-state index contributed by atoms with van der Waals surface area (Å²) in [5.41, 5.74) is 2.62. The molecule has 2 heterocycles. The Balaban J connectivity index is 2.00. The topological polar surface area (TPSA) is 75.7 Å². The van der Waals surface area contributed by atoms with E-state index in [1.165, 1.54) is 0 Å². The van der Waals surface area contributed by atoms with E-state index in [1.807, 2.05) is 6.92 Å². The van der Waals surface area contributed by atoms with Gasteiger partial charge in [0.05, 0.1) is 30.7 Å². The molecule has 2 rings (SSSR count). The Labute approximate surface area is 106 Å². The van der Waals surface area contributed by atoms with Crippen molar-refractivity contribution in [2.24, 2.45) is 0 Å². The average molecular weight is 247 g/mol. The van der Waals surface area contributed by atoms with Crippen LogP contribution in [0.5, 0.6) is 0 Å². The molecule has 18 heavy (non-hydrogen) atoms. The van der Waals surface area contributed by atoms with Gasteiger partial charge in [-0.2, -0.15) is 0 Å². The van der Waals surface area contributed by atoms with E-state index in [2.05, 4.69) is 25.3 Å². The molecule has 0 saturated carbocycles. The molecule has 0 atom stereocenters. The van der Waals surface area contributed by atoms with Gasteiger partial charge in [0.2, 0.25) is 0 Å². The number of aromatic amines is 1. The molecular weight excluding hydrogens is 230 g/mol. The van der Waals surface area contributed by atoms with E-state index in [1.54, 1.807) is 25.7 Å². The highest BCUT2D eigenvalue weighted by Gasteiger charge is 2.07. The first-order chi connectivity index (χ1) is 8.81. The van der Waals surface area contributed by atoms with Crippen molar-refractivity contribution in [3.8, 4) is 11.4 Å². The standard InChI is InChI=1S/C12H17N5O/c1-9-12(15-4-3-14-9)10-7-16-11(17-10)8-13-5-6-18-2/h3-4,7,13H,5-6,8H2,1-2H3,(H,16,17). The molecule has 0 aromatic carbocycles. The lowest BCUT2D eigenvalue weighted by Crippen LogP contribution is -2.19. The molecule has 0 spiro atoms. The first kappa shape index (κ1) is 12.7. The van der Waals surface area contributed by atoms with Crippen molar-refractivity contribution in [2.75, 3.05) is 20.3 Å². The van der Waals surface area contributed by atoms with Crippen LogP contribution < -0.4 is 5.32 Å². The fourth-order valence-corrected chi connectivity index (χ4v) is 1.63. The molecule has 2 aromatic heterocycles. The van der Waals surface area contributed by atoms with Crippen LogP contribution in [0.4, 0.5) is 0 Å². The number of H-pyrrole nitrogens is 1. The lowest BCUT2D eigenvalue weighted by Gasteiger charge is -2.01. The van der Waals surface area contributed by atoms with Crippen LogP contribution in [0, 0.1) is 6.92 Å². The molecule has 96 valence electrons. The van der Waals surface area contributed by atoms with E-state index in [4.69, 9.17) is 4.74 Å². The second kappa shape index (κ2) is 6.23. The number of hydrogen-bond acceptors (Lipinski definition) is 5. The summed E-state index contributed by atoms with van der Waals surface area (Å²) in [5.74, 6) is 0.881. The molecule has 0 amide bonds. The number of ether oxygens (including phenoxy) is 1. The van der Waals surface area contributed by atoms with Crippen LogP contribution in [0.1, 0.15) is 11.5 Å². The van der Waals surface area contributed by atoms with Gasteiger partial charge in [-0.25, -0.2) is 4.98 Å². The molecule has 2 N–H and O–H groups in total. The monoisotopic (exact) mass is 247 g/mol. The largest absolute Gasteiger partial charge is 0.383 e. The summed E-state index contributed by atoms with van der Waals surface area (Å²) in [6.45, 7) is 4.11. The van der Waals surface area contributed by atoms with Crippen molar-refractivity contribution in [3.63, 3.8) is 0 Å². The van der Waals surface area contributed by atoms with Crippen LogP contribution >= 0.6 is 0 Å². The minimum atomic E-state index is 0.683. The summed E-state index contributed by atoms with van der Waals surface area (Å²) in [7, 11) is 1.68. The Kier molecular flexibility index (Phi) is 4.38. The molecule has 0 aliphatic rings. The number of imidazole rings is 1. The molecule has 0 saturated heterocycles. The maximum absolute atomic E-state index is 4.96. The zero-order valence-electron chi connectivity index (χ0n) is 10.6. The van der Waals surface area contributed by atoms with E-state index in [0.29, 0.717) is 13.2 Å². The van der Waals surface area contributed by atoms with Gasteiger partial charge in [0.1, 0.15) is 11.5 Å². The van der Waals surface area contributed by atoms with Crippen LogP contribution in [0.15, 0.2) is 18.6 Å². The fraction of sp³-hybridized carbons (Fsp3) is 0.417. The van der Waals surface area contributed by atoms with Gasteiger partial charge in [-0.1, -0.05) is 0 Å². The van der Waals surface area contributed by atoms with E-state index in [9.17, 15) is 0 Å². The molecule has 6 nitrogen and oxygen atoms in total. The summed E-state index contributed by atoms with van der Waals surface area (Å²) >= 11 is 0. The Morgan fingerprint density at radius 1 is 1.28 bits per heavy atom. The maximum atomic E-state index is 4.96. The highest BCUT2D eigenvalue weighted by Crippen LogP contribution is 2.16. The third-order valence-corrected chi connectivity index (χ3v) is 2.54. The Hall–Kier alpha value is -1.79. The van der Waals surface area contributed by atoms with Gasteiger partial charge < -0.3 is 15.0 Å². The number of nitrogens with one attached hydrogen (secondary N) is 2. The summed E-state index contributed by atoms with van der Waals surface area (Å²) in [4.78, 5) is 16.0. The van der Waals surface area contributed by atoms with Crippen LogP contribution in [-0.4, -0.2) is 40.2 Å². The van der Waals surface area contributed by atoms with Gasteiger partial charge in [-0.15, -0.1) is 0 Å². The second-order valence-electron chi connectivity index (χ2n) is 3.90. The van der Waals surface area contributed by atoms with Crippen LogP contribution in [-0.2, 0) is 11.3 Å². The molecule has 0 fully saturated rings.